The Morgan fingerprint density at radius 3 is 2.21 bits per heavy atom. The van der Waals surface area contributed by atoms with Crippen LogP contribution in [0.25, 0.3) is 0 Å². The summed E-state index contributed by atoms with van der Waals surface area (Å²) in [4.78, 5) is 2.36. The number of nitrogens with zero attached hydrogens (tertiary/aromatic N) is 1. The first-order chi connectivity index (χ1) is 6.68. The molecule has 0 amide bonds. The van der Waals surface area contributed by atoms with Gasteiger partial charge < -0.3 is 10.2 Å². The molecule has 0 atom stereocenters. The van der Waals surface area contributed by atoms with Crippen LogP contribution in [-0.2, 0) is 0 Å². The van der Waals surface area contributed by atoms with Gasteiger partial charge in [0, 0.05) is 19.1 Å². The fourth-order valence-corrected chi connectivity index (χ4v) is 2.31. The molecule has 82 valence electrons. The van der Waals surface area contributed by atoms with Crippen molar-refractivity contribution in [3.05, 3.63) is 0 Å². The highest BCUT2D eigenvalue weighted by Gasteiger charge is 2.43. The summed E-state index contributed by atoms with van der Waals surface area (Å²) in [6.07, 6.45) is 1.45. The van der Waals surface area contributed by atoms with Crippen LogP contribution in [0.4, 0.5) is 8.78 Å². The van der Waals surface area contributed by atoms with Crippen LogP contribution in [0.2, 0.25) is 0 Å². The summed E-state index contributed by atoms with van der Waals surface area (Å²) in [5, 5.41) is 2.82. The highest BCUT2D eigenvalue weighted by molar-refractivity contribution is 4.97. The fraction of sp³-hybridized carbons (Fsp3) is 1.00. The van der Waals surface area contributed by atoms with E-state index in [4.69, 9.17) is 0 Å². The third-order valence-electron chi connectivity index (χ3n) is 3.67. The molecule has 1 heterocycles. The number of likely N-dealkylation sites (tertiary alicyclic amines) is 1. The fourth-order valence-electron chi connectivity index (χ4n) is 2.31. The summed E-state index contributed by atoms with van der Waals surface area (Å²) in [5.41, 5.74) is -0.911. The molecule has 2 nitrogen and oxygen atoms in total. The minimum atomic E-state index is -2.24. The standard InChI is InChI=1S/C10H18F2N2/c1-13-10(9(11)12)4-6-14(7-5-10)8-2-3-8/h8-9,13H,2-7H2,1H3. The molecule has 0 spiro atoms. The number of piperidine rings is 1. The minimum absolute atomic E-state index is 0.581. The van der Waals surface area contributed by atoms with Gasteiger partial charge in [-0.2, -0.15) is 0 Å². The van der Waals surface area contributed by atoms with E-state index in [1.807, 2.05) is 0 Å². The van der Waals surface area contributed by atoms with Crippen molar-refractivity contribution < 1.29 is 8.78 Å². The molecule has 0 radical (unpaired) electrons. The lowest BCUT2D eigenvalue weighted by Crippen LogP contribution is -2.56. The maximum absolute atomic E-state index is 12.8. The molecule has 1 saturated carbocycles. The third-order valence-corrected chi connectivity index (χ3v) is 3.67. The maximum Gasteiger partial charge on any atom is 0.256 e. The number of rotatable bonds is 3. The van der Waals surface area contributed by atoms with Crippen molar-refractivity contribution in [2.45, 2.75) is 43.7 Å². The Morgan fingerprint density at radius 2 is 1.86 bits per heavy atom. The Morgan fingerprint density at radius 1 is 1.29 bits per heavy atom. The molecule has 0 aromatic heterocycles. The van der Waals surface area contributed by atoms with Crippen LogP contribution >= 0.6 is 0 Å². The highest BCUT2D eigenvalue weighted by Crippen LogP contribution is 2.34. The predicted molar refractivity (Wildman–Crippen MR) is 51.6 cm³/mol. The van der Waals surface area contributed by atoms with Crippen LogP contribution in [0.15, 0.2) is 0 Å². The highest BCUT2D eigenvalue weighted by atomic mass is 19.3. The molecule has 14 heavy (non-hydrogen) atoms. The van der Waals surface area contributed by atoms with E-state index in [9.17, 15) is 8.78 Å². The van der Waals surface area contributed by atoms with Crippen LogP contribution < -0.4 is 5.32 Å². The number of hydrogen-bond donors (Lipinski definition) is 1. The molecule has 1 saturated heterocycles. The van der Waals surface area contributed by atoms with Crippen molar-refractivity contribution in [3.63, 3.8) is 0 Å². The average molecular weight is 204 g/mol. The lowest BCUT2D eigenvalue weighted by molar-refractivity contribution is -0.00823. The molecule has 4 heteroatoms. The summed E-state index contributed by atoms with van der Waals surface area (Å²) in [6, 6.07) is 0.711. The van der Waals surface area contributed by atoms with E-state index in [1.165, 1.54) is 12.8 Å². The average Bonchev–Trinajstić information content (AvgIpc) is 3.01. The van der Waals surface area contributed by atoms with Gasteiger partial charge in [-0.15, -0.1) is 0 Å². The molecule has 1 aliphatic carbocycles. The zero-order valence-corrected chi connectivity index (χ0v) is 8.60. The molecule has 2 aliphatic rings. The lowest BCUT2D eigenvalue weighted by Gasteiger charge is -2.41. The van der Waals surface area contributed by atoms with Crippen molar-refractivity contribution in [3.8, 4) is 0 Å². The molecule has 0 aromatic carbocycles. The number of hydrogen-bond acceptors (Lipinski definition) is 2. The van der Waals surface area contributed by atoms with Gasteiger partial charge in [0.15, 0.2) is 0 Å². The largest absolute Gasteiger partial charge is 0.309 e. The Balaban J connectivity index is 1.91. The van der Waals surface area contributed by atoms with Gasteiger partial charge in [0.2, 0.25) is 0 Å². The van der Waals surface area contributed by atoms with Crippen molar-refractivity contribution in [1.29, 1.82) is 0 Å². The number of halogens is 2. The van der Waals surface area contributed by atoms with Crippen molar-refractivity contribution in [1.82, 2.24) is 10.2 Å². The van der Waals surface area contributed by atoms with Gasteiger partial charge in [0.25, 0.3) is 6.43 Å². The van der Waals surface area contributed by atoms with E-state index >= 15 is 0 Å². The Bertz CT molecular complexity index is 196. The second-order valence-corrected chi connectivity index (χ2v) is 4.47. The predicted octanol–water partition coefficient (Wildman–Crippen LogP) is 1.47. The number of nitrogens with one attached hydrogen (secondary N) is 1. The quantitative estimate of drug-likeness (QED) is 0.749. The van der Waals surface area contributed by atoms with Crippen molar-refractivity contribution >= 4 is 0 Å². The van der Waals surface area contributed by atoms with E-state index in [-0.39, 0.29) is 0 Å². The number of alkyl halides is 2. The van der Waals surface area contributed by atoms with Gasteiger partial charge in [0.05, 0.1) is 5.54 Å². The molecule has 2 rings (SSSR count). The molecule has 0 aromatic rings. The van der Waals surface area contributed by atoms with Crippen LogP contribution in [0.5, 0.6) is 0 Å². The zero-order valence-electron chi connectivity index (χ0n) is 8.60. The second-order valence-electron chi connectivity index (χ2n) is 4.47. The van der Waals surface area contributed by atoms with Gasteiger partial charge in [-0.05, 0) is 32.7 Å². The van der Waals surface area contributed by atoms with Gasteiger partial charge in [0.1, 0.15) is 0 Å². The van der Waals surface area contributed by atoms with Crippen molar-refractivity contribution in [2.75, 3.05) is 20.1 Å². The molecular formula is C10H18F2N2. The van der Waals surface area contributed by atoms with Crippen molar-refractivity contribution in [2.24, 2.45) is 0 Å². The first-order valence-electron chi connectivity index (χ1n) is 5.39. The van der Waals surface area contributed by atoms with E-state index in [0.717, 1.165) is 13.1 Å². The van der Waals surface area contributed by atoms with Crippen LogP contribution in [-0.4, -0.2) is 43.0 Å². The summed E-state index contributed by atoms with van der Waals surface area (Å²) in [6.45, 7) is 1.66. The van der Waals surface area contributed by atoms with Gasteiger partial charge >= 0.3 is 0 Å². The third kappa shape index (κ3) is 1.77. The molecule has 2 fully saturated rings. The summed E-state index contributed by atoms with van der Waals surface area (Å²) >= 11 is 0. The summed E-state index contributed by atoms with van der Waals surface area (Å²) < 4.78 is 25.7. The van der Waals surface area contributed by atoms with E-state index in [2.05, 4.69) is 10.2 Å². The van der Waals surface area contributed by atoms with E-state index < -0.39 is 12.0 Å². The first kappa shape index (κ1) is 10.3. The molecular weight excluding hydrogens is 186 g/mol. The maximum atomic E-state index is 12.8. The lowest BCUT2D eigenvalue weighted by atomic mass is 9.88. The van der Waals surface area contributed by atoms with E-state index in [0.29, 0.717) is 18.9 Å². The van der Waals surface area contributed by atoms with Crippen LogP contribution in [0, 0.1) is 0 Å². The monoisotopic (exact) mass is 204 g/mol. The molecule has 1 N–H and O–H groups in total. The van der Waals surface area contributed by atoms with Crippen LogP contribution in [0.3, 0.4) is 0 Å². The minimum Gasteiger partial charge on any atom is -0.309 e. The van der Waals surface area contributed by atoms with Crippen LogP contribution in [0.1, 0.15) is 25.7 Å². The Hall–Kier alpha value is -0.220. The molecule has 0 bridgehead atoms. The van der Waals surface area contributed by atoms with E-state index in [1.54, 1.807) is 7.05 Å². The Labute approximate surface area is 83.7 Å². The molecule has 0 unspecified atom stereocenters. The topological polar surface area (TPSA) is 15.3 Å². The summed E-state index contributed by atoms with van der Waals surface area (Å²) in [5.74, 6) is 0. The smallest absolute Gasteiger partial charge is 0.256 e. The normalized spacial score (nSPS) is 28.3. The van der Waals surface area contributed by atoms with Gasteiger partial charge in [-0.25, -0.2) is 8.78 Å². The zero-order chi connectivity index (χ0) is 10.2. The van der Waals surface area contributed by atoms with Gasteiger partial charge in [-0.1, -0.05) is 0 Å². The first-order valence-corrected chi connectivity index (χ1v) is 5.39. The Kier molecular flexibility index (Phi) is 2.75. The van der Waals surface area contributed by atoms with Gasteiger partial charge in [-0.3, -0.25) is 0 Å². The second kappa shape index (κ2) is 3.74. The summed E-state index contributed by atoms with van der Waals surface area (Å²) in [7, 11) is 1.65. The SMILES string of the molecule is CNC1(C(F)F)CCN(C2CC2)CC1. The molecule has 1 aliphatic heterocycles.